The maximum absolute atomic E-state index is 12.3. The van der Waals surface area contributed by atoms with Crippen LogP contribution >= 0.6 is 24.8 Å². The number of carbonyl (C=O) groups excluding carboxylic acids is 2. The maximum atomic E-state index is 12.3. The quantitative estimate of drug-likeness (QED) is 0.658. The Hall–Kier alpha value is -1.34. The summed E-state index contributed by atoms with van der Waals surface area (Å²) in [6.07, 6.45) is 1.84. The Morgan fingerprint density at radius 1 is 1.21 bits per heavy atom. The van der Waals surface area contributed by atoms with Gasteiger partial charge in [0.05, 0.1) is 0 Å². The summed E-state index contributed by atoms with van der Waals surface area (Å²) in [6, 6.07) is 10.2. The molecule has 1 saturated heterocycles. The molecule has 1 aromatic carbocycles. The molecule has 2 amide bonds. The third-order valence-electron chi connectivity index (χ3n) is 4.80. The lowest BCUT2D eigenvalue weighted by atomic mass is 9.95. The van der Waals surface area contributed by atoms with Crippen molar-refractivity contribution in [1.82, 2.24) is 15.1 Å². The van der Waals surface area contributed by atoms with E-state index in [0.717, 1.165) is 25.9 Å². The largest absolute Gasteiger partial charge is 0.355 e. The highest BCUT2D eigenvalue weighted by Crippen LogP contribution is 2.18. The number of halogens is 2. The Labute approximate surface area is 181 Å². The van der Waals surface area contributed by atoms with Crippen LogP contribution in [0.15, 0.2) is 30.3 Å². The van der Waals surface area contributed by atoms with Crippen molar-refractivity contribution in [3.8, 4) is 0 Å². The molecular weight excluding hydrogens is 399 g/mol. The molecule has 1 atom stereocenters. The number of piperidine rings is 1. The third-order valence-corrected chi connectivity index (χ3v) is 4.80. The molecule has 0 saturated carbocycles. The Morgan fingerprint density at radius 2 is 1.82 bits per heavy atom. The molecule has 0 radical (unpaired) electrons. The van der Waals surface area contributed by atoms with Crippen LogP contribution in [0, 0.1) is 5.92 Å². The fourth-order valence-electron chi connectivity index (χ4n) is 3.28. The summed E-state index contributed by atoms with van der Waals surface area (Å²) in [7, 11) is 2.06. The minimum absolute atomic E-state index is 0. The fourth-order valence-corrected chi connectivity index (χ4v) is 3.28. The molecule has 1 heterocycles. The van der Waals surface area contributed by atoms with E-state index in [4.69, 9.17) is 5.73 Å². The number of likely N-dealkylation sites (N-methyl/N-ethyl adjacent to an activating group) is 1. The number of nitrogens with two attached hydrogens (primary N) is 1. The molecule has 1 fully saturated rings. The van der Waals surface area contributed by atoms with Gasteiger partial charge in [0, 0.05) is 51.1 Å². The van der Waals surface area contributed by atoms with Crippen molar-refractivity contribution in [3.63, 3.8) is 0 Å². The monoisotopic (exact) mass is 432 g/mol. The SMILES string of the molecule is CC(N)CC(=O)N1CCC(C(=O)NCCN(C)Cc2ccccc2)CC1.Cl.Cl. The molecule has 1 aromatic rings. The highest BCUT2D eigenvalue weighted by atomic mass is 35.5. The first-order chi connectivity index (χ1) is 12.5. The minimum atomic E-state index is -0.114. The van der Waals surface area contributed by atoms with Crippen LogP contribution in [-0.2, 0) is 16.1 Å². The lowest BCUT2D eigenvalue weighted by Crippen LogP contribution is -2.45. The molecule has 1 aliphatic rings. The zero-order chi connectivity index (χ0) is 18.9. The van der Waals surface area contributed by atoms with Gasteiger partial charge in [-0.15, -0.1) is 24.8 Å². The molecular formula is C20H34Cl2N4O2. The van der Waals surface area contributed by atoms with E-state index in [0.29, 0.717) is 26.1 Å². The summed E-state index contributed by atoms with van der Waals surface area (Å²) in [5.41, 5.74) is 6.96. The van der Waals surface area contributed by atoms with Gasteiger partial charge in [-0.05, 0) is 32.4 Å². The van der Waals surface area contributed by atoms with Crippen molar-refractivity contribution in [3.05, 3.63) is 35.9 Å². The van der Waals surface area contributed by atoms with Gasteiger partial charge in [0.15, 0.2) is 0 Å². The molecule has 2 rings (SSSR count). The number of rotatable bonds is 8. The second-order valence-electron chi connectivity index (χ2n) is 7.35. The lowest BCUT2D eigenvalue weighted by Gasteiger charge is -2.32. The average molecular weight is 433 g/mol. The molecule has 28 heavy (non-hydrogen) atoms. The molecule has 0 aromatic heterocycles. The molecule has 0 aliphatic carbocycles. The van der Waals surface area contributed by atoms with E-state index in [1.54, 1.807) is 0 Å². The Morgan fingerprint density at radius 3 is 2.39 bits per heavy atom. The summed E-state index contributed by atoms with van der Waals surface area (Å²) in [5, 5.41) is 3.04. The van der Waals surface area contributed by atoms with Gasteiger partial charge in [-0.2, -0.15) is 0 Å². The van der Waals surface area contributed by atoms with Crippen LogP contribution in [0.5, 0.6) is 0 Å². The zero-order valence-electron chi connectivity index (χ0n) is 16.8. The molecule has 0 bridgehead atoms. The lowest BCUT2D eigenvalue weighted by molar-refractivity contribution is -0.135. The smallest absolute Gasteiger partial charge is 0.224 e. The van der Waals surface area contributed by atoms with Crippen LogP contribution in [0.2, 0.25) is 0 Å². The van der Waals surface area contributed by atoms with E-state index in [1.165, 1.54) is 5.56 Å². The van der Waals surface area contributed by atoms with E-state index in [9.17, 15) is 9.59 Å². The number of hydrogen-bond acceptors (Lipinski definition) is 4. The first-order valence-electron chi connectivity index (χ1n) is 9.49. The van der Waals surface area contributed by atoms with Crippen LogP contribution in [0.1, 0.15) is 31.7 Å². The van der Waals surface area contributed by atoms with Gasteiger partial charge in [-0.25, -0.2) is 0 Å². The minimum Gasteiger partial charge on any atom is -0.355 e. The first-order valence-corrected chi connectivity index (χ1v) is 9.49. The highest BCUT2D eigenvalue weighted by molar-refractivity contribution is 5.85. The second-order valence-corrected chi connectivity index (χ2v) is 7.35. The molecule has 8 heteroatoms. The summed E-state index contributed by atoms with van der Waals surface area (Å²) < 4.78 is 0. The van der Waals surface area contributed by atoms with E-state index >= 15 is 0 Å². The number of likely N-dealkylation sites (tertiary alicyclic amines) is 1. The van der Waals surface area contributed by atoms with Crippen molar-refractivity contribution in [1.29, 1.82) is 0 Å². The molecule has 1 unspecified atom stereocenters. The van der Waals surface area contributed by atoms with Crippen molar-refractivity contribution in [2.45, 2.75) is 38.8 Å². The second kappa shape index (κ2) is 13.8. The number of nitrogens with one attached hydrogen (secondary N) is 1. The topological polar surface area (TPSA) is 78.7 Å². The van der Waals surface area contributed by atoms with Gasteiger partial charge in [-0.3, -0.25) is 9.59 Å². The molecule has 1 aliphatic heterocycles. The Bertz CT molecular complexity index is 579. The van der Waals surface area contributed by atoms with E-state index < -0.39 is 0 Å². The van der Waals surface area contributed by atoms with Crippen molar-refractivity contribution in [2.75, 3.05) is 33.2 Å². The molecule has 6 nitrogen and oxygen atoms in total. The van der Waals surface area contributed by atoms with Crippen LogP contribution < -0.4 is 11.1 Å². The standard InChI is InChI=1S/C20H32N4O2.2ClH/c1-16(21)14-19(25)24-11-8-18(9-12-24)20(26)22-10-13-23(2)15-17-6-4-3-5-7-17;;/h3-7,16,18H,8-15,21H2,1-2H3,(H,22,26);2*1H. The van der Waals surface area contributed by atoms with Crippen LogP contribution in [-0.4, -0.2) is 60.9 Å². The highest BCUT2D eigenvalue weighted by Gasteiger charge is 2.27. The summed E-state index contributed by atoms with van der Waals surface area (Å²) >= 11 is 0. The number of nitrogens with zero attached hydrogens (tertiary/aromatic N) is 2. The van der Waals surface area contributed by atoms with Gasteiger partial charge in [-0.1, -0.05) is 30.3 Å². The number of carbonyl (C=O) groups is 2. The van der Waals surface area contributed by atoms with Crippen molar-refractivity contribution in [2.24, 2.45) is 11.7 Å². The maximum Gasteiger partial charge on any atom is 0.224 e. The number of amides is 2. The van der Waals surface area contributed by atoms with E-state index in [2.05, 4.69) is 29.4 Å². The number of benzene rings is 1. The zero-order valence-corrected chi connectivity index (χ0v) is 18.4. The van der Waals surface area contributed by atoms with Gasteiger partial charge < -0.3 is 20.9 Å². The summed E-state index contributed by atoms with van der Waals surface area (Å²) in [5.74, 6) is 0.215. The molecule has 160 valence electrons. The van der Waals surface area contributed by atoms with Crippen molar-refractivity contribution < 1.29 is 9.59 Å². The van der Waals surface area contributed by atoms with Crippen LogP contribution in [0.4, 0.5) is 0 Å². The average Bonchev–Trinajstić information content (AvgIpc) is 2.62. The van der Waals surface area contributed by atoms with E-state index in [1.807, 2.05) is 30.0 Å². The predicted octanol–water partition coefficient (Wildman–Crippen LogP) is 2.05. The summed E-state index contributed by atoms with van der Waals surface area (Å²) in [4.78, 5) is 28.4. The number of hydrogen-bond donors (Lipinski definition) is 2. The van der Waals surface area contributed by atoms with Crippen molar-refractivity contribution >= 4 is 36.6 Å². The Kier molecular flexibility index (Phi) is 13.1. The predicted molar refractivity (Wildman–Crippen MR) is 118 cm³/mol. The van der Waals surface area contributed by atoms with Gasteiger partial charge >= 0.3 is 0 Å². The van der Waals surface area contributed by atoms with Gasteiger partial charge in [0.2, 0.25) is 11.8 Å². The van der Waals surface area contributed by atoms with Crippen LogP contribution in [0.25, 0.3) is 0 Å². The fraction of sp³-hybridized carbons (Fsp3) is 0.600. The molecule has 3 N–H and O–H groups in total. The molecule has 0 spiro atoms. The first kappa shape index (κ1) is 26.7. The normalized spacial score (nSPS) is 15.4. The third kappa shape index (κ3) is 9.24. The van der Waals surface area contributed by atoms with Gasteiger partial charge in [0.1, 0.15) is 0 Å². The summed E-state index contributed by atoms with van der Waals surface area (Å²) in [6.45, 7) is 5.47. The van der Waals surface area contributed by atoms with E-state index in [-0.39, 0.29) is 48.6 Å². The van der Waals surface area contributed by atoms with Gasteiger partial charge in [0.25, 0.3) is 0 Å². The van der Waals surface area contributed by atoms with Crippen LogP contribution in [0.3, 0.4) is 0 Å². The Balaban J connectivity index is 0.00000364.